The van der Waals surface area contributed by atoms with E-state index in [0.29, 0.717) is 26.0 Å². The summed E-state index contributed by atoms with van der Waals surface area (Å²) in [6, 6.07) is 0. The average Bonchev–Trinajstić information content (AvgIpc) is 3.03. The predicted molar refractivity (Wildman–Crippen MR) is 197 cm³/mol. The quantitative estimate of drug-likeness (QED) is 0.0401. The largest absolute Gasteiger partial charge is 0.461 e. The van der Waals surface area contributed by atoms with Gasteiger partial charge in [0.2, 0.25) is 0 Å². The highest BCUT2D eigenvalue weighted by molar-refractivity contribution is 8.13. The Morgan fingerprint density at radius 2 is 1.24 bits per heavy atom. The van der Waals surface area contributed by atoms with E-state index in [9.17, 15) is 14.4 Å². The second-order valence-corrected chi connectivity index (χ2v) is 14.1. The molecule has 0 spiro atoms. The van der Waals surface area contributed by atoms with Crippen LogP contribution < -0.4 is 0 Å². The number of hydrogen-bond donors (Lipinski definition) is 0. The highest BCUT2D eigenvalue weighted by Gasteiger charge is 2.21. The van der Waals surface area contributed by atoms with Gasteiger partial charge in [0, 0.05) is 18.7 Å². The van der Waals surface area contributed by atoms with Crippen molar-refractivity contribution < 1.29 is 23.9 Å². The molecular weight excluding hydrogens is 596 g/mol. The summed E-state index contributed by atoms with van der Waals surface area (Å²) in [6.45, 7) is 8.39. The lowest BCUT2D eigenvalue weighted by Crippen LogP contribution is -2.36. The Morgan fingerprint density at radius 1 is 0.652 bits per heavy atom. The number of thioether (sulfide) groups is 1. The summed E-state index contributed by atoms with van der Waals surface area (Å²) >= 11 is 1.29. The van der Waals surface area contributed by atoms with Crippen molar-refractivity contribution in [3.63, 3.8) is 0 Å². The van der Waals surface area contributed by atoms with Crippen molar-refractivity contribution in [3.8, 4) is 0 Å². The Morgan fingerprint density at radius 3 is 1.85 bits per heavy atom. The zero-order valence-corrected chi connectivity index (χ0v) is 31.5. The van der Waals surface area contributed by atoms with Crippen LogP contribution in [0.5, 0.6) is 0 Å². The maximum atomic E-state index is 13.2. The smallest absolute Gasteiger partial charge is 0.325 e. The molecule has 0 atom stereocenters. The third kappa shape index (κ3) is 29.8. The number of esters is 2. The van der Waals surface area contributed by atoms with Crippen molar-refractivity contribution in [1.29, 1.82) is 0 Å². The van der Waals surface area contributed by atoms with E-state index in [1.54, 1.807) is 4.90 Å². The highest BCUT2D eigenvalue weighted by Crippen LogP contribution is 2.18. The van der Waals surface area contributed by atoms with Crippen molar-refractivity contribution in [2.75, 3.05) is 46.1 Å². The van der Waals surface area contributed by atoms with E-state index in [4.69, 9.17) is 9.47 Å². The minimum Gasteiger partial charge on any atom is -0.461 e. The Bertz CT molecular complexity index is 747. The molecule has 0 bridgehead atoms. The van der Waals surface area contributed by atoms with E-state index < -0.39 is 0 Å². The van der Waals surface area contributed by atoms with Crippen LogP contribution in [0.2, 0.25) is 0 Å². The number of hydrogen-bond acceptors (Lipinski definition) is 7. The predicted octanol–water partition coefficient (Wildman–Crippen LogP) is 10.4. The van der Waals surface area contributed by atoms with Gasteiger partial charge in [0.15, 0.2) is 0 Å². The molecule has 0 N–H and O–H groups in total. The lowest BCUT2D eigenvalue weighted by molar-refractivity contribution is -0.150. The fraction of sp³-hybridized carbons (Fsp3) is 0.868. The second-order valence-electron chi connectivity index (χ2n) is 13.0. The van der Waals surface area contributed by atoms with E-state index in [1.165, 1.54) is 88.8 Å². The molecule has 270 valence electrons. The molecule has 0 aromatic carbocycles. The van der Waals surface area contributed by atoms with Crippen LogP contribution in [-0.2, 0) is 19.1 Å². The normalized spacial score (nSPS) is 11.5. The van der Waals surface area contributed by atoms with Crippen molar-refractivity contribution >= 4 is 28.9 Å². The number of carbonyl (C=O) groups excluding carboxylic acids is 3. The summed E-state index contributed by atoms with van der Waals surface area (Å²) in [6.07, 6.45) is 27.2. The summed E-state index contributed by atoms with van der Waals surface area (Å²) in [5, 5.41) is -0.0627. The first-order valence-electron chi connectivity index (χ1n) is 18.9. The number of ether oxygens (including phenoxy) is 2. The zero-order chi connectivity index (χ0) is 34.1. The number of allylic oxidation sites excluding steroid dienone is 1. The Hall–Kier alpha value is -1.54. The SMILES string of the molecule is CCCCCC/C=C\COC(=O)CCCCCN(CC(=O)OC(CCCCCCC)CCCCCCC)C(=O)SCCCN(C)C. The van der Waals surface area contributed by atoms with Crippen molar-refractivity contribution in [3.05, 3.63) is 12.2 Å². The van der Waals surface area contributed by atoms with Gasteiger partial charge in [-0.2, -0.15) is 0 Å². The van der Waals surface area contributed by atoms with E-state index in [1.807, 2.05) is 20.2 Å². The van der Waals surface area contributed by atoms with Crippen LogP contribution in [0.15, 0.2) is 12.2 Å². The van der Waals surface area contributed by atoms with Crippen molar-refractivity contribution in [1.82, 2.24) is 9.80 Å². The number of rotatable bonds is 32. The molecule has 46 heavy (non-hydrogen) atoms. The van der Waals surface area contributed by atoms with Gasteiger partial charge in [-0.25, -0.2) is 0 Å². The van der Waals surface area contributed by atoms with Crippen LogP contribution in [0.25, 0.3) is 0 Å². The van der Waals surface area contributed by atoms with Crippen LogP contribution >= 0.6 is 11.8 Å². The van der Waals surface area contributed by atoms with Gasteiger partial charge in [-0.05, 0) is 78.4 Å². The van der Waals surface area contributed by atoms with Gasteiger partial charge < -0.3 is 19.3 Å². The molecule has 0 rings (SSSR count). The first-order chi connectivity index (χ1) is 22.3. The van der Waals surface area contributed by atoms with Crippen molar-refractivity contribution in [2.45, 2.75) is 168 Å². The molecular formula is C38H72N2O5S. The Kier molecular flexibility index (Phi) is 32.2. The summed E-state index contributed by atoms with van der Waals surface area (Å²) in [7, 11) is 4.06. The molecule has 7 nitrogen and oxygen atoms in total. The summed E-state index contributed by atoms with van der Waals surface area (Å²) in [4.78, 5) is 42.2. The first-order valence-corrected chi connectivity index (χ1v) is 19.9. The molecule has 1 amide bonds. The maximum absolute atomic E-state index is 13.2. The van der Waals surface area contributed by atoms with Crippen molar-refractivity contribution in [2.24, 2.45) is 0 Å². The van der Waals surface area contributed by atoms with Gasteiger partial charge in [-0.3, -0.25) is 14.4 Å². The Balaban J connectivity index is 4.81. The molecule has 0 saturated heterocycles. The Labute approximate surface area is 288 Å². The molecule has 0 aromatic heterocycles. The number of unbranched alkanes of at least 4 members (excludes halogenated alkanes) is 14. The topological polar surface area (TPSA) is 76.1 Å². The van der Waals surface area contributed by atoms with Gasteiger partial charge in [-0.1, -0.05) is 122 Å². The fourth-order valence-electron chi connectivity index (χ4n) is 5.30. The molecule has 0 heterocycles. The van der Waals surface area contributed by atoms with Crippen LogP contribution in [-0.4, -0.2) is 79.2 Å². The monoisotopic (exact) mass is 669 g/mol. The molecule has 0 aliphatic carbocycles. The molecule has 0 saturated carbocycles. The van der Waals surface area contributed by atoms with Gasteiger partial charge in [0.1, 0.15) is 19.3 Å². The third-order valence-electron chi connectivity index (χ3n) is 8.15. The number of nitrogens with zero attached hydrogens (tertiary/aromatic N) is 2. The van der Waals surface area contributed by atoms with Gasteiger partial charge in [-0.15, -0.1) is 0 Å². The lowest BCUT2D eigenvalue weighted by Gasteiger charge is -2.24. The lowest BCUT2D eigenvalue weighted by atomic mass is 10.0. The van der Waals surface area contributed by atoms with Crippen LogP contribution in [0.1, 0.15) is 162 Å². The number of carbonyl (C=O) groups is 3. The van der Waals surface area contributed by atoms with Gasteiger partial charge in [0.05, 0.1) is 0 Å². The summed E-state index contributed by atoms with van der Waals surface area (Å²) in [5.41, 5.74) is 0. The molecule has 0 unspecified atom stereocenters. The molecule has 0 aliphatic heterocycles. The zero-order valence-electron chi connectivity index (χ0n) is 30.7. The first kappa shape index (κ1) is 44.5. The van der Waals surface area contributed by atoms with Crippen LogP contribution in [0.4, 0.5) is 4.79 Å². The molecule has 0 radical (unpaired) electrons. The third-order valence-corrected chi connectivity index (χ3v) is 9.15. The van der Waals surface area contributed by atoms with E-state index in [2.05, 4.69) is 31.7 Å². The molecule has 0 fully saturated rings. The van der Waals surface area contributed by atoms with Crippen LogP contribution in [0, 0.1) is 0 Å². The van der Waals surface area contributed by atoms with E-state index >= 15 is 0 Å². The molecule has 0 aliphatic rings. The fourth-order valence-corrected chi connectivity index (χ4v) is 6.08. The maximum Gasteiger partial charge on any atom is 0.325 e. The van der Waals surface area contributed by atoms with Crippen LogP contribution in [0.3, 0.4) is 0 Å². The second kappa shape index (κ2) is 33.4. The highest BCUT2D eigenvalue weighted by atomic mass is 32.2. The standard InChI is InChI=1S/C38H72N2O5S/c1-6-9-12-15-16-19-25-32-44-36(41)29-23-20-24-31-40(38(43)46-33-26-30-39(4)5)34-37(42)45-35(27-21-17-13-10-7-2)28-22-18-14-11-8-3/h19,25,35H,6-18,20-24,26-34H2,1-5H3/b25-19-. The average molecular weight is 669 g/mol. The number of amides is 1. The summed E-state index contributed by atoms with van der Waals surface area (Å²) < 4.78 is 11.4. The van der Waals surface area contributed by atoms with Gasteiger partial charge in [0.25, 0.3) is 5.24 Å². The molecule has 8 heteroatoms. The molecule has 0 aromatic rings. The van der Waals surface area contributed by atoms with E-state index in [-0.39, 0.29) is 29.8 Å². The minimum atomic E-state index is -0.295. The van der Waals surface area contributed by atoms with E-state index in [0.717, 1.165) is 63.7 Å². The minimum absolute atomic E-state index is 0.00545. The van der Waals surface area contributed by atoms with Gasteiger partial charge >= 0.3 is 11.9 Å². The summed E-state index contributed by atoms with van der Waals surface area (Å²) in [5.74, 6) is 0.245.